The highest BCUT2D eigenvalue weighted by Crippen LogP contribution is 2.52. The molecule has 30 heavy (non-hydrogen) atoms. The van der Waals surface area contributed by atoms with E-state index in [0.29, 0.717) is 18.8 Å². The third-order valence-corrected chi connectivity index (χ3v) is 5.98. The van der Waals surface area contributed by atoms with Gasteiger partial charge in [-0.15, -0.1) is 0 Å². The van der Waals surface area contributed by atoms with Gasteiger partial charge >= 0.3 is 5.97 Å². The second-order valence-electron chi connectivity index (χ2n) is 8.34. The first-order chi connectivity index (χ1) is 14.4. The normalized spacial score (nSPS) is 26.6. The molecule has 2 heterocycles. The third kappa shape index (κ3) is 3.97. The fourth-order valence-corrected chi connectivity index (χ4v) is 4.43. The number of fused-ring (bicyclic) bond motifs is 3. The number of rotatable bonds is 6. The van der Waals surface area contributed by atoms with Crippen LogP contribution in [0.2, 0.25) is 0 Å². The van der Waals surface area contributed by atoms with E-state index in [1.165, 1.54) is 0 Å². The highest BCUT2D eigenvalue weighted by atomic mass is 16.6. The van der Waals surface area contributed by atoms with Crippen LogP contribution in [0.15, 0.2) is 48.5 Å². The minimum atomic E-state index is -0.875. The molecule has 0 saturated carbocycles. The lowest BCUT2D eigenvalue weighted by molar-refractivity contribution is -0.192. The van der Waals surface area contributed by atoms with Crippen molar-refractivity contribution in [1.82, 2.24) is 0 Å². The Labute approximate surface area is 176 Å². The van der Waals surface area contributed by atoms with Crippen LogP contribution in [0.5, 0.6) is 17.2 Å². The molecule has 6 nitrogen and oxygen atoms in total. The van der Waals surface area contributed by atoms with E-state index in [1.807, 2.05) is 69.3 Å². The molecule has 0 aliphatic carbocycles. The number of aliphatic carboxylic acids is 1. The van der Waals surface area contributed by atoms with Gasteiger partial charge in [-0.3, -0.25) is 4.79 Å². The highest BCUT2D eigenvalue weighted by molar-refractivity contribution is 5.71. The number of hydrogen-bond donors (Lipinski definition) is 1. The average molecular weight is 412 g/mol. The molecule has 4 atom stereocenters. The summed E-state index contributed by atoms with van der Waals surface area (Å²) in [5.41, 5.74) is 0.350. The minimum absolute atomic E-state index is 0.101. The van der Waals surface area contributed by atoms with Gasteiger partial charge < -0.3 is 24.1 Å². The molecule has 0 radical (unpaired) electrons. The number of benzene rings is 2. The van der Waals surface area contributed by atoms with Crippen molar-refractivity contribution in [1.29, 1.82) is 0 Å². The molecule has 0 spiro atoms. The Morgan fingerprint density at radius 1 is 1.13 bits per heavy atom. The standard InChI is InChI=1S/C24H28O6/c1-4-27-16-10-11-20-17(12-16)22-19(24(2,3)30-20)13-18(23(25)26)21(29-22)14-28-15-8-6-5-7-9-15/h5-12,18-19,21-22H,4,13-14H2,1-3H3,(H,25,26)/t18-,19-,21-,22+/m0/s1. The average Bonchev–Trinajstić information content (AvgIpc) is 2.73. The van der Waals surface area contributed by atoms with E-state index in [1.54, 1.807) is 0 Å². The Bertz CT molecular complexity index is 894. The fourth-order valence-electron chi connectivity index (χ4n) is 4.43. The summed E-state index contributed by atoms with van der Waals surface area (Å²) in [6.45, 7) is 6.66. The molecule has 1 N–H and O–H groups in total. The van der Waals surface area contributed by atoms with Crippen molar-refractivity contribution in [2.24, 2.45) is 11.8 Å². The molecule has 0 unspecified atom stereocenters. The monoisotopic (exact) mass is 412 g/mol. The summed E-state index contributed by atoms with van der Waals surface area (Å²) in [5, 5.41) is 9.88. The quantitative estimate of drug-likeness (QED) is 0.754. The third-order valence-electron chi connectivity index (χ3n) is 5.98. The summed E-state index contributed by atoms with van der Waals surface area (Å²) in [7, 11) is 0. The van der Waals surface area contributed by atoms with Crippen molar-refractivity contribution in [3.63, 3.8) is 0 Å². The van der Waals surface area contributed by atoms with Crippen LogP contribution in [-0.2, 0) is 9.53 Å². The number of carboxylic acid groups (broad SMARTS) is 1. The smallest absolute Gasteiger partial charge is 0.309 e. The lowest BCUT2D eigenvalue weighted by Crippen LogP contribution is -2.53. The van der Waals surface area contributed by atoms with E-state index >= 15 is 0 Å². The molecule has 2 aromatic carbocycles. The molecular weight excluding hydrogens is 384 g/mol. The van der Waals surface area contributed by atoms with E-state index < -0.39 is 23.6 Å². The largest absolute Gasteiger partial charge is 0.494 e. The maximum Gasteiger partial charge on any atom is 0.309 e. The second-order valence-corrected chi connectivity index (χ2v) is 8.34. The van der Waals surface area contributed by atoms with Crippen LogP contribution in [0.25, 0.3) is 0 Å². The summed E-state index contributed by atoms with van der Waals surface area (Å²) in [6.07, 6.45) is -0.403. The van der Waals surface area contributed by atoms with Gasteiger partial charge in [-0.1, -0.05) is 18.2 Å². The molecule has 4 rings (SSSR count). The van der Waals surface area contributed by atoms with Crippen LogP contribution in [0.4, 0.5) is 0 Å². The SMILES string of the molecule is CCOc1ccc2c(c1)[C@H]1O[C@@H](COc3ccccc3)[C@@H](C(=O)O)C[C@@H]1C(C)(C)O2. The molecular formula is C24H28O6. The van der Waals surface area contributed by atoms with E-state index in [4.69, 9.17) is 18.9 Å². The van der Waals surface area contributed by atoms with E-state index in [2.05, 4.69) is 0 Å². The zero-order valence-electron chi connectivity index (χ0n) is 17.5. The molecule has 0 amide bonds. The van der Waals surface area contributed by atoms with Crippen LogP contribution in [0.3, 0.4) is 0 Å². The van der Waals surface area contributed by atoms with E-state index in [-0.39, 0.29) is 18.6 Å². The number of ether oxygens (including phenoxy) is 4. The molecule has 1 fully saturated rings. The van der Waals surface area contributed by atoms with Crippen molar-refractivity contribution in [2.75, 3.05) is 13.2 Å². The van der Waals surface area contributed by atoms with Gasteiger partial charge in [-0.05, 0) is 57.5 Å². The minimum Gasteiger partial charge on any atom is -0.494 e. The first kappa shape index (κ1) is 20.5. The molecule has 0 bridgehead atoms. The lowest BCUT2D eigenvalue weighted by Gasteiger charge is -2.50. The van der Waals surface area contributed by atoms with Crippen molar-refractivity contribution < 1.29 is 28.8 Å². The van der Waals surface area contributed by atoms with Gasteiger partial charge in [-0.25, -0.2) is 0 Å². The molecule has 6 heteroatoms. The van der Waals surface area contributed by atoms with Gasteiger partial charge in [0.25, 0.3) is 0 Å². The van der Waals surface area contributed by atoms with Gasteiger partial charge in [0, 0.05) is 11.5 Å². The number of carbonyl (C=O) groups is 1. The van der Waals surface area contributed by atoms with Crippen LogP contribution in [0, 0.1) is 11.8 Å². The predicted molar refractivity (Wildman–Crippen MR) is 111 cm³/mol. The maximum atomic E-state index is 12.1. The summed E-state index contributed by atoms with van der Waals surface area (Å²) in [6, 6.07) is 15.1. The number of hydrogen-bond acceptors (Lipinski definition) is 5. The maximum absolute atomic E-state index is 12.1. The second kappa shape index (κ2) is 8.19. The van der Waals surface area contributed by atoms with E-state index in [0.717, 1.165) is 17.1 Å². The van der Waals surface area contributed by atoms with E-state index in [9.17, 15) is 9.90 Å². The van der Waals surface area contributed by atoms with Crippen molar-refractivity contribution >= 4 is 5.97 Å². The first-order valence-electron chi connectivity index (χ1n) is 10.4. The summed E-state index contributed by atoms with van der Waals surface area (Å²) >= 11 is 0. The Morgan fingerprint density at radius 3 is 2.60 bits per heavy atom. The number of carboxylic acids is 1. The zero-order valence-corrected chi connectivity index (χ0v) is 17.5. The molecule has 2 aliphatic heterocycles. The summed E-state index contributed by atoms with van der Waals surface area (Å²) in [5.74, 6) is 0.546. The van der Waals surface area contributed by atoms with Crippen LogP contribution < -0.4 is 14.2 Å². The Morgan fingerprint density at radius 2 is 1.90 bits per heavy atom. The molecule has 2 aromatic rings. The molecule has 1 saturated heterocycles. The van der Waals surface area contributed by atoms with Gasteiger partial charge in [0.1, 0.15) is 35.6 Å². The van der Waals surface area contributed by atoms with Crippen LogP contribution >= 0.6 is 0 Å². The van der Waals surface area contributed by atoms with Crippen molar-refractivity contribution in [3.05, 3.63) is 54.1 Å². The predicted octanol–water partition coefficient (Wildman–Crippen LogP) is 4.48. The fraction of sp³-hybridized carbons (Fsp3) is 0.458. The Kier molecular flexibility index (Phi) is 5.60. The van der Waals surface area contributed by atoms with Crippen molar-refractivity contribution in [3.8, 4) is 17.2 Å². The van der Waals surface area contributed by atoms with Crippen molar-refractivity contribution in [2.45, 2.75) is 45.0 Å². The summed E-state index contributed by atoms with van der Waals surface area (Å²) in [4.78, 5) is 12.1. The topological polar surface area (TPSA) is 74.2 Å². The molecule has 2 aliphatic rings. The Hall–Kier alpha value is -2.73. The zero-order chi connectivity index (χ0) is 21.3. The lowest BCUT2D eigenvalue weighted by atomic mass is 9.72. The Balaban J connectivity index is 1.63. The van der Waals surface area contributed by atoms with Gasteiger partial charge in [0.15, 0.2) is 0 Å². The molecule has 0 aromatic heterocycles. The highest BCUT2D eigenvalue weighted by Gasteiger charge is 2.52. The van der Waals surface area contributed by atoms with Crippen LogP contribution in [-0.4, -0.2) is 36.0 Å². The van der Waals surface area contributed by atoms with Gasteiger partial charge in [0.2, 0.25) is 0 Å². The summed E-state index contributed by atoms with van der Waals surface area (Å²) < 4.78 is 24.2. The van der Waals surface area contributed by atoms with Gasteiger partial charge in [-0.2, -0.15) is 0 Å². The molecule has 160 valence electrons. The number of para-hydroxylation sites is 1. The first-order valence-corrected chi connectivity index (χ1v) is 10.4. The van der Waals surface area contributed by atoms with Crippen LogP contribution in [0.1, 0.15) is 38.9 Å². The van der Waals surface area contributed by atoms with Gasteiger partial charge in [0.05, 0.1) is 18.6 Å².